The van der Waals surface area contributed by atoms with Gasteiger partial charge in [-0.2, -0.15) is 0 Å². The maximum atomic E-state index is 8.75. The fraction of sp³-hybridized carbons (Fsp3) is 1.00. The number of hydrogen-bond donors (Lipinski definition) is 1. The van der Waals surface area contributed by atoms with Crippen molar-refractivity contribution in [3.05, 3.63) is 0 Å². The lowest BCUT2D eigenvalue weighted by Crippen LogP contribution is -2.11. The van der Waals surface area contributed by atoms with Crippen LogP contribution >= 0.6 is 0 Å². The molecule has 0 amide bonds. The Bertz CT molecular complexity index is 159. The summed E-state index contributed by atoms with van der Waals surface area (Å²) < 4.78 is 0. The Hall–Kier alpha value is 0.394. The first-order valence-electron chi connectivity index (χ1n) is 5.99. The molecule has 1 saturated heterocycles. The highest BCUT2D eigenvalue weighted by Gasteiger charge is 2.22. The maximum Gasteiger partial charge on any atom is 0.230 e. The fourth-order valence-corrected chi connectivity index (χ4v) is 3.47. The van der Waals surface area contributed by atoms with Gasteiger partial charge in [-0.1, -0.05) is 59.9 Å². The van der Waals surface area contributed by atoms with Crippen molar-refractivity contribution >= 4 is 19.3 Å². The molecule has 3 heteroatoms. The van der Waals surface area contributed by atoms with Crippen LogP contribution < -0.4 is 0 Å². The van der Waals surface area contributed by atoms with E-state index in [4.69, 9.17) is 4.80 Å². The molecule has 1 heterocycles. The van der Waals surface area contributed by atoms with Crippen LogP contribution in [-0.2, 0) is 0 Å². The van der Waals surface area contributed by atoms with Crippen molar-refractivity contribution in [3.8, 4) is 0 Å². The molecule has 0 unspecified atom stereocenters. The predicted octanol–water partition coefficient (Wildman–Crippen LogP) is 3.70. The summed E-state index contributed by atoms with van der Waals surface area (Å²) in [7, 11) is 1.33. The molecule has 0 aromatic carbocycles. The highest BCUT2D eigenvalue weighted by molar-refractivity contribution is 6.40. The zero-order chi connectivity index (χ0) is 11.9. The maximum absolute atomic E-state index is 8.75. The zero-order valence-electron chi connectivity index (χ0n) is 11.0. The third-order valence-electron chi connectivity index (χ3n) is 2.76. The molecule has 0 atom stereocenters. The summed E-state index contributed by atoms with van der Waals surface area (Å²) in [5.74, 6) is 0. The second-order valence-corrected chi connectivity index (χ2v) is 9.44. The van der Waals surface area contributed by atoms with E-state index in [-0.39, 0.29) is 14.8 Å². The molecule has 0 aliphatic carbocycles. The summed E-state index contributed by atoms with van der Waals surface area (Å²) in [4.78, 5) is 8.75. The van der Waals surface area contributed by atoms with Gasteiger partial charge in [0, 0.05) is 9.52 Å². The SMILES string of the molecule is CC1(C)CCC[Si]1.CCCC(C)(C)[Si]O. The normalized spacial score (nSPS) is 19.6. The Kier molecular flexibility index (Phi) is 7.05. The molecular formula is C12H26OSi2. The number of hydrogen-bond acceptors (Lipinski definition) is 1. The fourth-order valence-electron chi connectivity index (χ4n) is 1.73. The van der Waals surface area contributed by atoms with Gasteiger partial charge in [0.25, 0.3) is 0 Å². The summed E-state index contributed by atoms with van der Waals surface area (Å²) in [6.07, 6.45) is 5.24. The lowest BCUT2D eigenvalue weighted by atomic mass is 10.1. The van der Waals surface area contributed by atoms with Gasteiger partial charge in [-0.05, 0) is 16.5 Å². The lowest BCUT2D eigenvalue weighted by Gasteiger charge is -2.17. The molecule has 0 aromatic rings. The first-order chi connectivity index (χ1) is 6.83. The van der Waals surface area contributed by atoms with Gasteiger partial charge in [0.15, 0.2) is 0 Å². The van der Waals surface area contributed by atoms with Gasteiger partial charge in [0.2, 0.25) is 9.76 Å². The van der Waals surface area contributed by atoms with Crippen molar-refractivity contribution in [1.29, 1.82) is 0 Å². The van der Waals surface area contributed by atoms with Crippen molar-refractivity contribution < 1.29 is 4.80 Å². The van der Waals surface area contributed by atoms with Crippen LogP contribution in [0.15, 0.2) is 0 Å². The van der Waals surface area contributed by atoms with Crippen LogP contribution in [0.3, 0.4) is 0 Å². The molecule has 1 rings (SSSR count). The summed E-state index contributed by atoms with van der Waals surface area (Å²) in [6.45, 7) is 11.1. The molecular weight excluding hydrogens is 216 g/mol. The molecule has 0 aromatic heterocycles. The second kappa shape index (κ2) is 6.87. The third-order valence-corrected chi connectivity index (χ3v) is 5.43. The average molecular weight is 243 g/mol. The first-order valence-corrected chi connectivity index (χ1v) is 8.15. The van der Waals surface area contributed by atoms with Crippen molar-refractivity contribution in [2.45, 2.75) is 76.4 Å². The van der Waals surface area contributed by atoms with Crippen LogP contribution in [-0.4, -0.2) is 24.1 Å². The van der Waals surface area contributed by atoms with Crippen LogP contribution in [0, 0.1) is 0 Å². The lowest BCUT2D eigenvalue weighted by molar-refractivity contribution is 0.497. The summed E-state index contributed by atoms with van der Waals surface area (Å²) in [5.41, 5.74) is 0. The highest BCUT2D eigenvalue weighted by Crippen LogP contribution is 2.37. The van der Waals surface area contributed by atoms with Gasteiger partial charge in [0.05, 0.1) is 0 Å². The topological polar surface area (TPSA) is 20.2 Å². The molecule has 1 fully saturated rings. The van der Waals surface area contributed by atoms with Gasteiger partial charge in [-0.3, -0.25) is 0 Å². The molecule has 0 bridgehead atoms. The van der Waals surface area contributed by atoms with Crippen LogP contribution in [0.5, 0.6) is 0 Å². The molecule has 1 nitrogen and oxygen atoms in total. The largest absolute Gasteiger partial charge is 0.431 e. The van der Waals surface area contributed by atoms with E-state index in [0.717, 1.165) is 11.5 Å². The predicted molar refractivity (Wildman–Crippen MR) is 70.8 cm³/mol. The Morgan fingerprint density at radius 3 is 2.13 bits per heavy atom. The minimum Gasteiger partial charge on any atom is -0.431 e. The summed E-state index contributed by atoms with van der Waals surface area (Å²) >= 11 is 0. The summed E-state index contributed by atoms with van der Waals surface area (Å²) in [6, 6.07) is 1.49. The first kappa shape index (κ1) is 15.4. The average Bonchev–Trinajstić information content (AvgIpc) is 2.51. The molecule has 0 spiro atoms. The Labute approximate surface area is 101 Å². The van der Waals surface area contributed by atoms with Crippen LogP contribution in [0.4, 0.5) is 0 Å². The van der Waals surface area contributed by atoms with E-state index >= 15 is 0 Å². The van der Waals surface area contributed by atoms with E-state index in [1.54, 1.807) is 0 Å². The monoisotopic (exact) mass is 242 g/mol. The van der Waals surface area contributed by atoms with Gasteiger partial charge in [-0.25, -0.2) is 0 Å². The van der Waals surface area contributed by atoms with E-state index in [9.17, 15) is 0 Å². The smallest absolute Gasteiger partial charge is 0.230 e. The number of rotatable bonds is 3. The molecule has 1 aliphatic heterocycles. The summed E-state index contributed by atoms with van der Waals surface area (Å²) in [5, 5.41) is 0.898. The van der Waals surface area contributed by atoms with Crippen molar-refractivity contribution in [3.63, 3.8) is 0 Å². The molecule has 1 N–H and O–H groups in total. The van der Waals surface area contributed by atoms with Gasteiger partial charge in [-0.15, -0.1) is 0 Å². The molecule has 4 radical (unpaired) electrons. The van der Waals surface area contributed by atoms with Crippen molar-refractivity contribution in [2.24, 2.45) is 0 Å². The highest BCUT2D eigenvalue weighted by atomic mass is 28.2. The minimum atomic E-state index is 0.0913. The van der Waals surface area contributed by atoms with Crippen molar-refractivity contribution in [2.75, 3.05) is 0 Å². The molecule has 0 saturated carbocycles. The van der Waals surface area contributed by atoms with Gasteiger partial charge in [0.1, 0.15) is 0 Å². The van der Waals surface area contributed by atoms with Crippen LogP contribution in [0.2, 0.25) is 16.1 Å². The minimum absolute atomic E-state index is 0.0913. The van der Waals surface area contributed by atoms with E-state index in [1.165, 1.54) is 34.8 Å². The molecule has 1 aliphatic rings. The van der Waals surface area contributed by atoms with E-state index < -0.39 is 0 Å². The van der Waals surface area contributed by atoms with Gasteiger partial charge >= 0.3 is 0 Å². The Morgan fingerprint density at radius 1 is 1.40 bits per heavy atom. The van der Waals surface area contributed by atoms with Crippen LogP contribution in [0.25, 0.3) is 0 Å². The van der Waals surface area contributed by atoms with E-state index in [0.29, 0.717) is 0 Å². The zero-order valence-corrected chi connectivity index (χ0v) is 13.0. The second-order valence-electron chi connectivity index (χ2n) is 5.66. The Balaban J connectivity index is 0.000000262. The van der Waals surface area contributed by atoms with Crippen molar-refractivity contribution in [1.82, 2.24) is 0 Å². The van der Waals surface area contributed by atoms with Crippen LogP contribution in [0.1, 0.15) is 60.3 Å². The van der Waals surface area contributed by atoms with Gasteiger partial charge < -0.3 is 4.80 Å². The molecule has 88 valence electrons. The molecule has 15 heavy (non-hydrogen) atoms. The standard InChI is InChI=1S/C6H14OSi.C6H12Si/c1-4-5-6(2,3)8-7;1-6(2)4-3-5-7-6/h7H,4-5H2,1-3H3;3-5H2,1-2H3. The van der Waals surface area contributed by atoms with E-state index in [1.807, 2.05) is 0 Å². The Morgan fingerprint density at radius 2 is 2.00 bits per heavy atom. The quantitative estimate of drug-likeness (QED) is 0.748. The third kappa shape index (κ3) is 8.23. The van der Waals surface area contributed by atoms with E-state index in [2.05, 4.69) is 34.6 Å².